The molecule has 1 fully saturated rings. The maximum atomic E-state index is 12.0. The molecule has 0 atom stereocenters. The molecule has 3 N–H and O–H groups in total. The zero-order valence-electron chi connectivity index (χ0n) is 13.4. The largest absolute Gasteiger partial charge is 0.337 e. The molecular formula is C14H25N5O3S. The van der Waals surface area contributed by atoms with Gasteiger partial charge in [0.1, 0.15) is 0 Å². The fourth-order valence-corrected chi connectivity index (χ4v) is 3.83. The minimum Gasteiger partial charge on any atom is -0.337 e. The molecule has 0 bridgehead atoms. The van der Waals surface area contributed by atoms with Gasteiger partial charge >= 0.3 is 6.03 Å². The number of hydrogen-bond donors (Lipinski definition) is 3. The van der Waals surface area contributed by atoms with Crippen molar-refractivity contribution in [2.24, 2.45) is 0 Å². The van der Waals surface area contributed by atoms with Crippen molar-refractivity contribution in [2.75, 3.05) is 17.6 Å². The van der Waals surface area contributed by atoms with Crippen molar-refractivity contribution in [1.29, 1.82) is 0 Å². The minimum atomic E-state index is -3.36. The predicted molar refractivity (Wildman–Crippen MR) is 88.7 cm³/mol. The second kappa shape index (κ2) is 8.30. The molecule has 1 heterocycles. The molecule has 2 amide bonds. The summed E-state index contributed by atoms with van der Waals surface area (Å²) in [5.41, 5.74) is 0. The summed E-state index contributed by atoms with van der Waals surface area (Å²) in [6.07, 6.45) is 6.86. The SMILES string of the molecule is CCn1ccc(NC(=O)NCCS(=O)(=O)NC2CCCCC2)n1. The highest BCUT2D eigenvalue weighted by atomic mass is 32.2. The summed E-state index contributed by atoms with van der Waals surface area (Å²) in [6, 6.07) is 1.27. The lowest BCUT2D eigenvalue weighted by Crippen LogP contribution is -2.41. The molecule has 0 unspecified atom stereocenters. The van der Waals surface area contributed by atoms with Crippen molar-refractivity contribution in [1.82, 2.24) is 19.8 Å². The summed E-state index contributed by atoms with van der Waals surface area (Å²) >= 11 is 0. The van der Waals surface area contributed by atoms with Gasteiger partial charge in [0.25, 0.3) is 0 Å². The highest BCUT2D eigenvalue weighted by Crippen LogP contribution is 2.17. The van der Waals surface area contributed by atoms with Crippen LogP contribution >= 0.6 is 0 Å². The lowest BCUT2D eigenvalue weighted by Gasteiger charge is -2.22. The maximum absolute atomic E-state index is 12.0. The predicted octanol–water partition coefficient (Wildman–Crippen LogP) is 1.28. The van der Waals surface area contributed by atoms with Crippen molar-refractivity contribution in [3.8, 4) is 0 Å². The number of aromatic nitrogens is 2. The monoisotopic (exact) mass is 343 g/mol. The molecule has 0 radical (unpaired) electrons. The van der Waals surface area contributed by atoms with Gasteiger partial charge < -0.3 is 5.32 Å². The number of sulfonamides is 1. The summed E-state index contributed by atoms with van der Waals surface area (Å²) in [4.78, 5) is 11.7. The molecule has 2 rings (SSSR count). The molecule has 0 spiro atoms. The molecule has 9 heteroatoms. The quantitative estimate of drug-likeness (QED) is 0.693. The van der Waals surface area contributed by atoms with Crippen LogP contribution in [-0.2, 0) is 16.6 Å². The van der Waals surface area contributed by atoms with Crippen LogP contribution in [0.2, 0.25) is 0 Å². The zero-order chi connectivity index (χ0) is 16.7. The van der Waals surface area contributed by atoms with E-state index in [1.807, 2.05) is 6.92 Å². The molecule has 0 aromatic carbocycles. The number of anilines is 1. The van der Waals surface area contributed by atoms with Gasteiger partial charge in [0.2, 0.25) is 10.0 Å². The van der Waals surface area contributed by atoms with E-state index in [1.165, 1.54) is 6.42 Å². The Morgan fingerprint density at radius 1 is 1.35 bits per heavy atom. The molecule has 1 saturated carbocycles. The summed E-state index contributed by atoms with van der Waals surface area (Å²) < 4.78 is 28.4. The van der Waals surface area contributed by atoms with E-state index < -0.39 is 16.1 Å². The molecule has 0 saturated heterocycles. The molecule has 1 aromatic heterocycles. The number of aryl methyl sites for hydroxylation is 1. The van der Waals surface area contributed by atoms with Gasteiger partial charge in [0.15, 0.2) is 5.82 Å². The van der Waals surface area contributed by atoms with Crippen molar-refractivity contribution in [3.63, 3.8) is 0 Å². The van der Waals surface area contributed by atoms with Gasteiger partial charge in [-0.15, -0.1) is 0 Å². The van der Waals surface area contributed by atoms with E-state index in [1.54, 1.807) is 16.9 Å². The van der Waals surface area contributed by atoms with Crippen LogP contribution in [0, 0.1) is 0 Å². The minimum absolute atomic E-state index is 0.0422. The van der Waals surface area contributed by atoms with Gasteiger partial charge in [-0.05, 0) is 19.8 Å². The number of hydrogen-bond acceptors (Lipinski definition) is 4. The van der Waals surface area contributed by atoms with Gasteiger partial charge in [0.05, 0.1) is 5.75 Å². The molecule has 1 aliphatic rings. The normalized spacial score (nSPS) is 16.2. The Kier molecular flexibility index (Phi) is 6.40. The van der Waals surface area contributed by atoms with E-state index >= 15 is 0 Å². The number of urea groups is 1. The van der Waals surface area contributed by atoms with Gasteiger partial charge in [-0.1, -0.05) is 19.3 Å². The van der Waals surface area contributed by atoms with Crippen LogP contribution in [0.3, 0.4) is 0 Å². The Morgan fingerprint density at radius 2 is 2.09 bits per heavy atom. The first kappa shape index (κ1) is 17.7. The van der Waals surface area contributed by atoms with Gasteiger partial charge in [-0.25, -0.2) is 17.9 Å². The second-order valence-corrected chi connectivity index (χ2v) is 7.58. The van der Waals surface area contributed by atoms with E-state index in [0.717, 1.165) is 25.7 Å². The van der Waals surface area contributed by atoms with Crippen LogP contribution in [0.15, 0.2) is 12.3 Å². The van der Waals surface area contributed by atoms with Gasteiger partial charge in [-0.3, -0.25) is 10.00 Å². The van der Waals surface area contributed by atoms with E-state index in [-0.39, 0.29) is 18.3 Å². The number of carbonyl (C=O) groups is 1. The molecule has 1 aliphatic carbocycles. The lowest BCUT2D eigenvalue weighted by molar-refractivity contribution is 0.252. The Bertz CT molecular complexity index is 608. The van der Waals surface area contributed by atoms with Crippen LogP contribution in [0.5, 0.6) is 0 Å². The molecule has 0 aliphatic heterocycles. The molecule has 130 valence electrons. The summed E-state index contributed by atoms with van der Waals surface area (Å²) in [5, 5.41) is 9.22. The highest BCUT2D eigenvalue weighted by molar-refractivity contribution is 7.89. The third kappa shape index (κ3) is 6.19. The molecular weight excluding hydrogens is 318 g/mol. The molecule has 1 aromatic rings. The third-order valence-corrected chi connectivity index (χ3v) is 5.25. The number of nitrogens with one attached hydrogen (secondary N) is 3. The standard InChI is InChI=1S/C14H25N5O3S/c1-2-19-10-8-13(17-19)16-14(20)15-9-11-23(21,22)18-12-6-4-3-5-7-12/h8,10,12,18H,2-7,9,11H2,1H3,(H2,15,16,17,20). The summed E-state index contributed by atoms with van der Waals surface area (Å²) in [6.45, 7) is 2.72. The first-order chi connectivity index (χ1) is 11.0. The van der Waals surface area contributed by atoms with Crippen molar-refractivity contribution < 1.29 is 13.2 Å². The second-order valence-electron chi connectivity index (χ2n) is 5.71. The molecule has 8 nitrogen and oxygen atoms in total. The Morgan fingerprint density at radius 3 is 2.74 bits per heavy atom. The van der Waals surface area contributed by atoms with E-state index in [9.17, 15) is 13.2 Å². The topological polar surface area (TPSA) is 105 Å². The smallest absolute Gasteiger partial charge is 0.320 e. The lowest BCUT2D eigenvalue weighted by atomic mass is 9.96. The van der Waals surface area contributed by atoms with Crippen LogP contribution in [0.4, 0.5) is 10.6 Å². The zero-order valence-corrected chi connectivity index (χ0v) is 14.2. The number of carbonyl (C=O) groups excluding carboxylic acids is 1. The number of rotatable bonds is 7. The van der Waals surface area contributed by atoms with Crippen molar-refractivity contribution in [3.05, 3.63) is 12.3 Å². The molecule has 23 heavy (non-hydrogen) atoms. The first-order valence-electron chi connectivity index (χ1n) is 8.07. The Labute approximate surface area is 137 Å². The van der Waals surface area contributed by atoms with Gasteiger partial charge in [0, 0.05) is 31.4 Å². The summed E-state index contributed by atoms with van der Waals surface area (Å²) in [5.74, 6) is 0.313. The maximum Gasteiger partial charge on any atom is 0.320 e. The summed E-state index contributed by atoms with van der Waals surface area (Å²) in [7, 11) is -3.36. The van der Waals surface area contributed by atoms with Crippen molar-refractivity contribution >= 4 is 21.9 Å². The fourth-order valence-electron chi connectivity index (χ4n) is 2.60. The van der Waals surface area contributed by atoms with Crippen LogP contribution in [0.1, 0.15) is 39.0 Å². The van der Waals surface area contributed by atoms with E-state index in [0.29, 0.717) is 12.4 Å². The van der Waals surface area contributed by atoms with Crippen LogP contribution < -0.4 is 15.4 Å². The highest BCUT2D eigenvalue weighted by Gasteiger charge is 2.20. The third-order valence-electron chi connectivity index (χ3n) is 3.81. The fraction of sp³-hybridized carbons (Fsp3) is 0.714. The first-order valence-corrected chi connectivity index (χ1v) is 9.72. The Balaban J connectivity index is 1.69. The van der Waals surface area contributed by atoms with Crippen LogP contribution in [-0.4, -0.2) is 42.6 Å². The van der Waals surface area contributed by atoms with Crippen LogP contribution in [0.25, 0.3) is 0 Å². The van der Waals surface area contributed by atoms with Crippen molar-refractivity contribution in [2.45, 2.75) is 51.6 Å². The van der Waals surface area contributed by atoms with E-state index in [4.69, 9.17) is 0 Å². The number of amides is 2. The average molecular weight is 343 g/mol. The number of nitrogens with zero attached hydrogens (tertiary/aromatic N) is 2. The average Bonchev–Trinajstić information content (AvgIpc) is 2.95. The Hall–Kier alpha value is -1.61. The van der Waals surface area contributed by atoms with Gasteiger partial charge in [-0.2, -0.15) is 5.10 Å². The van der Waals surface area contributed by atoms with E-state index in [2.05, 4.69) is 20.5 Å².